The Labute approximate surface area is 110 Å². The molecule has 0 radical (unpaired) electrons. The zero-order chi connectivity index (χ0) is 13.1. The van der Waals surface area contributed by atoms with Gasteiger partial charge in [-0.25, -0.2) is 4.39 Å². The molecule has 0 saturated heterocycles. The zero-order valence-corrected chi connectivity index (χ0v) is 10.4. The molecule has 94 valence electrons. The quantitative estimate of drug-likeness (QED) is 0.836. The highest BCUT2D eigenvalue weighted by molar-refractivity contribution is 6.30. The van der Waals surface area contributed by atoms with E-state index in [4.69, 9.17) is 17.3 Å². The second-order valence-corrected chi connectivity index (χ2v) is 4.55. The molecule has 0 aromatic heterocycles. The second kappa shape index (κ2) is 5.38. The molecule has 18 heavy (non-hydrogen) atoms. The monoisotopic (exact) mass is 265 g/mol. The topological polar surface area (TPSA) is 46.2 Å². The number of benzene rings is 2. The highest BCUT2D eigenvalue weighted by Gasteiger charge is 2.10. The molecule has 0 saturated carbocycles. The molecular weight excluding hydrogens is 253 g/mol. The van der Waals surface area contributed by atoms with Crippen molar-refractivity contribution in [3.63, 3.8) is 0 Å². The summed E-state index contributed by atoms with van der Waals surface area (Å²) < 4.78 is 13.0. The predicted molar refractivity (Wildman–Crippen MR) is 70.9 cm³/mol. The number of aliphatic hydroxyl groups excluding tert-OH is 1. The lowest BCUT2D eigenvalue weighted by molar-refractivity contribution is 0.178. The molecule has 0 aliphatic heterocycles. The predicted octanol–water partition coefficient (Wildman–Crippen LogP) is 3.34. The third kappa shape index (κ3) is 3.00. The maximum Gasteiger partial charge on any atom is 0.141 e. The first-order valence-corrected chi connectivity index (χ1v) is 5.91. The molecule has 3 N–H and O–H groups in total. The minimum Gasteiger partial charge on any atom is -0.399 e. The van der Waals surface area contributed by atoms with Gasteiger partial charge in [0, 0.05) is 12.1 Å². The summed E-state index contributed by atoms with van der Waals surface area (Å²) in [5.41, 5.74) is 7.76. The summed E-state index contributed by atoms with van der Waals surface area (Å²) in [7, 11) is 0. The minimum atomic E-state index is -0.685. The van der Waals surface area contributed by atoms with Crippen LogP contribution in [0.2, 0.25) is 5.02 Å². The molecule has 0 aliphatic rings. The standard InChI is InChI=1S/C14H13ClFNO/c15-12-6-9(4-5-13(12)16)7-14(18)10-2-1-3-11(17)8-10/h1-6,8,14,18H,7,17H2. The molecular formula is C14H13ClFNO. The number of aliphatic hydroxyl groups is 1. The van der Waals surface area contributed by atoms with E-state index >= 15 is 0 Å². The third-order valence-corrected chi connectivity index (χ3v) is 3.00. The van der Waals surface area contributed by atoms with E-state index in [2.05, 4.69) is 0 Å². The molecule has 2 rings (SSSR count). The summed E-state index contributed by atoms with van der Waals surface area (Å²) >= 11 is 5.69. The van der Waals surface area contributed by atoms with Crippen LogP contribution in [-0.4, -0.2) is 5.11 Å². The van der Waals surface area contributed by atoms with Crippen LogP contribution in [0.5, 0.6) is 0 Å². The van der Waals surface area contributed by atoms with Gasteiger partial charge in [0.2, 0.25) is 0 Å². The van der Waals surface area contributed by atoms with Crippen molar-refractivity contribution in [3.05, 3.63) is 64.4 Å². The first kappa shape index (κ1) is 12.9. The Bertz CT molecular complexity index is 559. The zero-order valence-electron chi connectivity index (χ0n) is 9.61. The molecule has 0 amide bonds. The fourth-order valence-corrected chi connectivity index (χ4v) is 1.98. The lowest BCUT2D eigenvalue weighted by Crippen LogP contribution is -2.02. The van der Waals surface area contributed by atoms with E-state index in [0.717, 1.165) is 11.1 Å². The Kier molecular flexibility index (Phi) is 3.84. The summed E-state index contributed by atoms with van der Waals surface area (Å²) in [5, 5.41) is 10.1. The Morgan fingerprint density at radius 2 is 2.00 bits per heavy atom. The molecule has 2 aromatic rings. The van der Waals surface area contributed by atoms with E-state index in [1.165, 1.54) is 12.1 Å². The lowest BCUT2D eigenvalue weighted by Gasteiger charge is -2.12. The van der Waals surface area contributed by atoms with E-state index in [-0.39, 0.29) is 5.02 Å². The number of anilines is 1. The summed E-state index contributed by atoms with van der Waals surface area (Å²) in [4.78, 5) is 0. The van der Waals surface area contributed by atoms with Crippen molar-refractivity contribution < 1.29 is 9.50 Å². The van der Waals surface area contributed by atoms with E-state index < -0.39 is 11.9 Å². The SMILES string of the molecule is Nc1cccc(C(O)Cc2ccc(F)c(Cl)c2)c1. The van der Waals surface area contributed by atoms with Crippen LogP contribution in [0.1, 0.15) is 17.2 Å². The number of rotatable bonds is 3. The van der Waals surface area contributed by atoms with Crippen molar-refractivity contribution in [2.45, 2.75) is 12.5 Å². The molecule has 0 fully saturated rings. The average molecular weight is 266 g/mol. The van der Waals surface area contributed by atoms with Crippen LogP contribution in [0.3, 0.4) is 0 Å². The number of nitrogens with two attached hydrogens (primary N) is 1. The van der Waals surface area contributed by atoms with E-state index in [0.29, 0.717) is 12.1 Å². The van der Waals surface area contributed by atoms with Gasteiger partial charge in [0.05, 0.1) is 11.1 Å². The van der Waals surface area contributed by atoms with Crippen molar-refractivity contribution in [2.24, 2.45) is 0 Å². The van der Waals surface area contributed by atoms with Gasteiger partial charge in [0.1, 0.15) is 5.82 Å². The van der Waals surface area contributed by atoms with Crippen LogP contribution in [0.15, 0.2) is 42.5 Å². The molecule has 2 nitrogen and oxygen atoms in total. The Morgan fingerprint density at radius 3 is 2.67 bits per heavy atom. The van der Waals surface area contributed by atoms with Crippen molar-refractivity contribution in [2.75, 3.05) is 5.73 Å². The Morgan fingerprint density at radius 1 is 1.22 bits per heavy atom. The van der Waals surface area contributed by atoms with Gasteiger partial charge in [0.25, 0.3) is 0 Å². The third-order valence-electron chi connectivity index (χ3n) is 2.71. The maximum absolute atomic E-state index is 13.0. The van der Waals surface area contributed by atoms with Crippen LogP contribution in [0.25, 0.3) is 0 Å². The molecule has 0 aliphatic carbocycles. The molecule has 2 aromatic carbocycles. The number of hydrogen-bond donors (Lipinski definition) is 2. The fourth-order valence-electron chi connectivity index (χ4n) is 1.77. The van der Waals surface area contributed by atoms with Gasteiger partial charge >= 0.3 is 0 Å². The number of nitrogen functional groups attached to an aromatic ring is 1. The average Bonchev–Trinajstić information content (AvgIpc) is 2.34. The smallest absolute Gasteiger partial charge is 0.141 e. The normalized spacial score (nSPS) is 12.4. The molecule has 1 unspecified atom stereocenters. The number of halogens is 2. The summed E-state index contributed by atoms with van der Waals surface area (Å²) in [6.45, 7) is 0. The van der Waals surface area contributed by atoms with E-state index in [9.17, 15) is 9.50 Å². The molecule has 4 heteroatoms. The maximum atomic E-state index is 13.0. The highest BCUT2D eigenvalue weighted by atomic mass is 35.5. The van der Waals surface area contributed by atoms with Crippen molar-refractivity contribution in [1.82, 2.24) is 0 Å². The molecule has 1 atom stereocenters. The van der Waals surface area contributed by atoms with Crippen LogP contribution in [-0.2, 0) is 6.42 Å². The summed E-state index contributed by atoms with van der Waals surface area (Å²) in [6.07, 6.45) is -0.321. The fraction of sp³-hybridized carbons (Fsp3) is 0.143. The van der Waals surface area contributed by atoms with Gasteiger partial charge in [-0.2, -0.15) is 0 Å². The van der Waals surface area contributed by atoms with Gasteiger partial charge in [-0.1, -0.05) is 29.8 Å². The first-order valence-electron chi connectivity index (χ1n) is 5.53. The summed E-state index contributed by atoms with van der Waals surface area (Å²) in [6, 6.07) is 11.5. The second-order valence-electron chi connectivity index (χ2n) is 4.14. The van der Waals surface area contributed by atoms with Crippen molar-refractivity contribution in [3.8, 4) is 0 Å². The Hall–Kier alpha value is -1.58. The Balaban J connectivity index is 2.16. The van der Waals surface area contributed by atoms with Crippen molar-refractivity contribution in [1.29, 1.82) is 0 Å². The van der Waals surface area contributed by atoms with Crippen LogP contribution in [0, 0.1) is 5.82 Å². The van der Waals surface area contributed by atoms with Gasteiger partial charge in [-0.3, -0.25) is 0 Å². The minimum absolute atomic E-state index is 0.0623. The van der Waals surface area contributed by atoms with Crippen LogP contribution < -0.4 is 5.73 Å². The van der Waals surface area contributed by atoms with Gasteiger partial charge < -0.3 is 10.8 Å². The van der Waals surface area contributed by atoms with Crippen molar-refractivity contribution >= 4 is 17.3 Å². The largest absolute Gasteiger partial charge is 0.399 e. The molecule has 0 heterocycles. The highest BCUT2D eigenvalue weighted by Crippen LogP contribution is 2.23. The van der Waals surface area contributed by atoms with E-state index in [1.807, 2.05) is 0 Å². The van der Waals surface area contributed by atoms with Gasteiger partial charge in [-0.15, -0.1) is 0 Å². The molecule has 0 bridgehead atoms. The van der Waals surface area contributed by atoms with Gasteiger partial charge in [-0.05, 0) is 35.4 Å². The lowest BCUT2D eigenvalue weighted by atomic mass is 10.0. The van der Waals surface area contributed by atoms with Crippen LogP contribution >= 0.6 is 11.6 Å². The molecule has 0 spiro atoms. The number of hydrogen-bond acceptors (Lipinski definition) is 2. The van der Waals surface area contributed by atoms with E-state index in [1.54, 1.807) is 30.3 Å². The van der Waals surface area contributed by atoms with Crippen LogP contribution in [0.4, 0.5) is 10.1 Å². The summed E-state index contributed by atoms with van der Waals surface area (Å²) in [5.74, 6) is -0.459. The van der Waals surface area contributed by atoms with Gasteiger partial charge in [0.15, 0.2) is 0 Å². The first-order chi connectivity index (χ1) is 8.56.